The molecule has 0 unspecified atom stereocenters. The summed E-state index contributed by atoms with van der Waals surface area (Å²) in [6.45, 7) is 0. The minimum absolute atomic E-state index is 0.0365. The van der Waals surface area contributed by atoms with E-state index in [0.717, 1.165) is 18.2 Å². The molecule has 1 heterocycles. The number of anilines is 3. The van der Waals surface area contributed by atoms with Crippen molar-refractivity contribution >= 4 is 17.5 Å². The smallest absolute Gasteiger partial charge is 0.229 e. The van der Waals surface area contributed by atoms with E-state index in [1.54, 1.807) is 0 Å². The molecule has 0 saturated heterocycles. The fourth-order valence-electron chi connectivity index (χ4n) is 1.15. The van der Waals surface area contributed by atoms with E-state index >= 15 is 0 Å². The summed E-state index contributed by atoms with van der Waals surface area (Å²) >= 11 is 0. The van der Waals surface area contributed by atoms with E-state index in [2.05, 4.69) is 15.3 Å². The fraction of sp³-hybridized carbons (Fsp3) is 0. The number of nitrogens with two attached hydrogens (primary N) is 1. The summed E-state index contributed by atoms with van der Waals surface area (Å²) in [4.78, 5) is 7.62. The van der Waals surface area contributed by atoms with Gasteiger partial charge in [0.25, 0.3) is 0 Å². The number of rotatable bonds is 2. The Bertz CT molecular complexity index is 516. The number of hydrogen-bond acceptors (Lipinski definition) is 4. The van der Waals surface area contributed by atoms with Gasteiger partial charge in [-0.15, -0.1) is 0 Å². The van der Waals surface area contributed by atoms with Gasteiger partial charge in [-0.25, -0.2) is 13.8 Å². The highest BCUT2D eigenvalue weighted by Crippen LogP contribution is 2.18. The SMILES string of the molecule is Nc1ccnc(Nc2cc(F)ccc2F)n1. The van der Waals surface area contributed by atoms with Gasteiger partial charge in [0.05, 0.1) is 5.69 Å². The average molecular weight is 222 g/mol. The molecule has 0 aliphatic rings. The van der Waals surface area contributed by atoms with E-state index < -0.39 is 11.6 Å². The van der Waals surface area contributed by atoms with Crippen molar-refractivity contribution in [3.8, 4) is 0 Å². The van der Waals surface area contributed by atoms with Crippen LogP contribution in [-0.4, -0.2) is 9.97 Å². The second-order valence-electron chi connectivity index (χ2n) is 3.05. The molecule has 2 aromatic rings. The van der Waals surface area contributed by atoms with Crippen LogP contribution in [0.5, 0.6) is 0 Å². The number of nitrogens with zero attached hydrogens (tertiary/aromatic N) is 2. The molecular weight excluding hydrogens is 214 g/mol. The van der Waals surface area contributed by atoms with Gasteiger partial charge in [-0.1, -0.05) is 0 Å². The van der Waals surface area contributed by atoms with Crippen molar-refractivity contribution in [3.63, 3.8) is 0 Å². The van der Waals surface area contributed by atoms with Crippen LogP contribution in [-0.2, 0) is 0 Å². The molecule has 16 heavy (non-hydrogen) atoms. The number of aromatic nitrogens is 2. The number of nitrogen functional groups attached to an aromatic ring is 1. The first-order chi connectivity index (χ1) is 7.65. The first-order valence-corrected chi connectivity index (χ1v) is 4.46. The molecule has 6 heteroatoms. The van der Waals surface area contributed by atoms with Crippen molar-refractivity contribution in [1.82, 2.24) is 9.97 Å². The van der Waals surface area contributed by atoms with Crippen LogP contribution >= 0.6 is 0 Å². The fourth-order valence-corrected chi connectivity index (χ4v) is 1.15. The molecule has 0 spiro atoms. The maximum Gasteiger partial charge on any atom is 0.229 e. The topological polar surface area (TPSA) is 63.8 Å². The van der Waals surface area contributed by atoms with Crippen molar-refractivity contribution < 1.29 is 8.78 Å². The van der Waals surface area contributed by atoms with Crippen molar-refractivity contribution in [2.45, 2.75) is 0 Å². The zero-order valence-electron chi connectivity index (χ0n) is 8.11. The Morgan fingerprint density at radius 2 is 2.00 bits per heavy atom. The zero-order valence-corrected chi connectivity index (χ0v) is 8.11. The Kier molecular flexibility index (Phi) is 2.63. The first kappa shape index (κ1) is 10.3. The summed E-state index contributed by atoms with van der Waals surface area (Å²) in [6.07, 6.45) is 1.42. The van der Waals surface area contributed by atoms with Crippen LogP contribution in [0, 0.1) is 11.6 Å². The Morgan fingerprint density at radius 1 is 1.19 bits per heavy atom. The van der Waals surface area contributed by atoms with Crippen molar-refractivity contribution in [3.05, 3.63) is 42.1 Å². The molecule has 2 rings (SSSR count). The van der Waals surface area contributed by atoms with E-state index in [1.165, 1.54) is 12.3 Å². The Hall–Kier alpha value is -2.24. The summed E-state index contributed by atoms with van der Waals surface area (Å²) in [5.74, 6) is -0.779. The predicted molar refractivity (Wildman–Crippen MR) is 56.1 cm³/mol. The molecule has 0 radical (unpaired) electrons. The lowest BCUT2D eigenvalue weighted by atomic mass is 10.3. The van der Waals surface area contributed by atoms with Gasteiger partial charge in [0.1, 0.15) is 17.5 Å². The highest BCUT2D eigenvalue weighted by molar-refractivity contribution is 5.54. The maximum atomic E-state index is 13.2. The summed E-state index contributed by atoms with van der Waals surface area (Å²) in [5.41, 5.74) is 5.38. The quantitative estimate of drug-likeness (QED) is 0.816. The molecule has 4 nitrogen and oxygen atoms in total. The largest absolute Gasteiger partial charge is 0.384 e. The highest BCUT2D eigenvalue weighted by atomic mass is 19.1. The number of halogens is 2. The monoisotopic (exact) mass is 222 g/mol. The summed E-state index contributed by atoms with van der Waals surface area (Å²) < 4.78 is 26.1. The number of nitrogens with one attached hydrogen (secondary N) is 1. The van der Waals surface area contributed by atoms with Gasteiger partial charge in [-0.3, -0.25) is 0 Å². The molecule has 0 aliphatic heterocycles. The molecular formula is C10H8F2N4. The summed E-state index contributed by atoms with van der Waals surface area (Å²) in [5, 5.41) is 2.54. The lowest BCUT2D eigenvalue weighted by molar-refractivity contribution is 0.603. The lowest BCUT2D eigenvalue weighted by Crippen LogP contribution is -2.01. The van der Waals surface area contributed by atoms with Crippen LogP contribution in [0.2, 0.25) is 0 Å². The third kappa shape index (κ3) is 2.22. The van der Waals surface area contributed by atoms with Gasteiger partial charge < -0.3 is 11.1 Å². The minimum atomic E-state index is -0.590. The third-order valence-corrected chi connectivity index (χ3v) is 1.85. The van der Waals surface area contributed by atoms with E-state index in [0.29, 0.717) is 0 Å². The molecule has 0 atom stereocenters. The third-order valence-electron chi connectivity index (χ3n) is 1.85. The normalized spacial score (nSPS) is 10.1. The zero-order chi connectivity index (χ0) is 11.5. The first-order valence-electron chi connectivity index (χ1n) is 4.46. The number of benzene rings is 1. The van der Waals surface area contributed by atoms with Crippen molar-refractivity contribution in [2.24, 2.45) is 0 Å². The molecule has 1 aromatic heterocycles. The van der Waals surface area contributed by atoms with Gasteiger partial charge in [-0.2, -0.15) is 4.98 Å². The summed E-state index contributed by atoms with van der Waals surface area (Å²) in [6, 6.07) is 4.56. The standard InChI is InChI=1S/C10H8F2N4/c11-6-1-2-7(12)8(5-6)15-10-14-4-3-9(13)16-10/h1-5H,(H3,13,14,15,16). The van der Waals surface area contributed by atoms with Gasteiger partial charge in [0, 0.05) is 12.3 Å². The van der Waals surface area contributed by atoms with E-state index in [9.17, 15) is 8.78 Å². The van der Waals surface area contributed by atoms with Crippen molar-refractivity contribution in [1.29, 1.82) is 0 Å². The highest BCUT2D eigenvalue weighted by Gasteiger charge is 2.05. The molecule has 0 aliphatic carbocycles. The van der Waals surface area contributed by atoms with Gasteiger partial charge in [-0.05, 0) is 18.2 Å². The predicted octanol–water partition coefficient (Wildman–Crippen LogP) is 2.08. The van der Waals surface area contributed by atoms with Crippen LogP contribution in [0.1, 0.15) is 0 Å². The molecule has 3 N–H and O–H groups in total. The number of hydrogen-bond donors (Lipinski definition) is 2. The van der Waals surface area contributed by atoms with E-state index in [1.807, 2.05) is 0 Å². The molecule has 82 valence electrons. The Labute approximate surface area is 90.1 Å². The van der Waals surface area contributed by atoms with Gasteiger partial charge in [0.15, 0.2) is 0 Å². The molecule has 1 aromatic carbocycles. The molecule has 0 bridgehead atoms. The van der Waals surface area contributed by atoms with E-state index in [-0.39, 0.29) is 17.5 Å². The molecule has 0 saturated carbocycles. The van der Waals surface area contributed by atoms with Crippen LogP contribution < -0.4 is 11.1 Å². The van der Waals surface area contributed by atoms with Crippen LogP contribution in [0.15, 0.2) is 30.5 Å². The Balaban J connectivity index is 2.30. The summed E-state index contributed by atoms with van der Waals surface area (Å²) in [7, 11) is 0. The van der Waals surface area contributed by atoms with Crippen LogP contribution in [0.4, 0.5) is 26.2 Å². The second kappa shape index (κ2) is 4.09. The second-order valence-corrected chi connectivity index (χ2v) is 3.05. The average Bonchev–Trinajstić information content (AvgIpc) is 2.24. The minimum Gasteiger partial charge on any atom is -0.384 e. The van der Waals surface area contributed by atoms with Crippen molar-refractivity contribution in [2.75, 3.05) is 11.1 Å². The van der Waals surface area contributed by atoms with Gasteiger partial charge in [0.2, 0.25) is 5.95 Å². The maximum absolute atomic E-state index is 13.2. The van der Waals surface area contributed by atoms with Crippen LogP contribution in [0.25, 0.3) is 0 Å². The molecule has 0 fully saturated rings. The molecule has 0 amide bonds. The lowest BCUT2D eigenvalue weighted by Gasteiger charge is -2.05. The van der Waals surface area contributed by atoms with Gasteiger partial charge >= 0.3 is 0 Å². The Morgan fingerprint density at radius 3 is 2.75 bits per heavy atom. The van der Waals surface area contributed by atoms with Crippen LogP contribution in [0.3, 0.4) is 0 Å². The van der Waals surface area contributed by atoms with E-state index in [4.69, 9.17) is 5.73 Å².